The van der Waals surface area contributed by atoms with Crippen LogP contribution in [0.25, 0.3) is 0 Å². The van der Waals surface area contributed by atoms with Crippen molar-refractivity contribution in [1.82, 2.24) is 5.32 Å². The van der Waals surface area contributed by atoms with Crippen molar-refractivity contribution in [1.29, 1.82) is 0 Å². The van der Waals surface area contributed by atoms with Gasteiger partial charge in [0.05, 0.1) is 17.1 Å². The molecule has 15 heavy (non-hydrogen) atoms. The minimum absolute atomic E-state index is 0.201. The third-order valence-electron chi connectivity index (χ3n) is 2.67. The highest BCUT2D eigenvalue weighted by molar-refractivity contribution is 7.92. The lowest BCUT2D eigenvalue weighted by Crippen LogP contribution is -2.38. The van der Waals surface area contributed by atoms with Crippen molar-refractivity contribution in [3.05, 3.63) is 0 Å². The van der Waals surface area contributed by atoms with Crippen molar-refractivity contribution in [3.63, 3.8) is 0 Å². The van der Waals surface area contributed by atoms with Crippen molar-refractivity contribution in [3.8, 4) is 0 Å². The first-order valence-electron chi connectivity index (χ1n) is 5.36. The Labute approximate surface area is 92.3 Å². The number of sulfone groups is 1. The van der Waals surface area contributed by atoms with E-state index < -0.39 is 14.6 Å². The second kappa shape index (κ2) is 4.80. The van der Waals surface area contributed by atoms with E-state index in [9.17, 15) is 8.42 Å². The molecule has 1 aliphatic rings. The molecule has 1 rings (SSSR count). The number of ether oxygens (including phenoxy) is 1. The summed E-state index contributed by atoms with van der Waals surface area (Å²) in [5.74, 6) is 0.201. The molecule has 0 saturated carbocycles. The molecule has 0 amide bonds. The van der Waals surface area contributed by atoms with E-state index in [4.69, 9.17) is 4.74 Å². The van der Waals surface area contributed by atoms with Gasteiger partial charge in [0.25, 0.3) is 0 Å². The predicted octanol–water partition coefficient (Wildman–Crippen LogP) is 0.578. The van der Waals surface area contributed by atoms with Gasteiger partial charge in [-0.25, -0.2) is 8.42 Å². The van der Waals surface area contributed by atoms with Gasteiger partial charge in [0, 0.05) is 19.2 Å². The van der Waals surface area contributed by atoms with E-state index in [0.29, 0.717) is 19.2 Å². The Morgan fingerprint density at radius 1 is 1.40 bits per heavy atom. The van der Waals surface area contributed by atoms with Gasteiger partial charge in [-0.15, -0.1) is 0 Å². The van der Waals surface area contributed by atoms with Crippen LogP contribution < -0.4 is 5.32 Å². The van der Waals surface area contributed by atoms with Gasteiger partial charge in [0.15, 0.2) is 9.84 Å². The van der Waals surface area contributed by atoms with Crippen LogP contribution in [-0.4, -0.2) is 44.7 Å². The molecule has 90 valence electrons. The van der Waals surface area contributed by atoms with Gasteiger partial charge in [-0.3, -0.25) is 0 Å². The highest BCUT2D eigenvalue weighted by Gasteiger charge is 2.28. The normalized spacial score (nSPS) is 23.3. The second-order valence-corrected chi connectivity index (χ2v) is 7.81. The van der Waals surface area contributed by atoms with Gasteiger partial charge >= 0.3 is 0 Å². The first kappa shape index (κ1) is 12.9. The van der Waals surface area contributed by atoms with Gasteiger partial charge in [-0.2, -0.15) is 0 Å². The second-order valence-electron chi connectivity index (χ2n) is 4.95. The summed E-state index contributed by atoms with van der Waals surface area (Å²) in [5, 5.41) is 3.21. The average Bonchev–Trinajstić information content (AvgIpc) is 2.54. The van der Waals surface area contributed by atoms with Crippen molar-refractivity contribution in [2.24, 2.45) is 0 Å². The van der Waals surface area contributed by atoms with Gasteiger partial charge in [0.2, 0.25) is 0 Å². The maximum Gasteiger partial charge on any atom is 0.156 e. The number of nitrogens with one attached hydrogen (secondary N) is 1. The summed E-state index contributed by atoms with van der Waals surface area (Å²) in [6, 6.07) is 0.333. The molecule has 1 heterocycles. The summed E-state index contributed by atoms with van der Waals surface area (Å²) in [6.45, 7) is 7.22. The summed E-state index contributed by atoms with van der Waals surface area (Å²) < 4.78 is 28.1. The molecule has 1 aliphatic heterocycles. The molecule has 1 fully saturated rings. The first-order chi connectivity index (χ1) is 6.83. The molecule has 0 radical (unpaired) electrons. The molecule has 0 aromatic heterocycles. The van der Waals surface area contributed by atoms with Crippen molar-refractivity contribution in [2.75, 3.05) is 25.5 Å². The molecule has 0 aliphatic carbocycles. The fourth-order valence-corrected chi connectivity index (χ4v) is 2.40. The number of hydrogen-bond acceptors (Lipinski definition) is 4. The fourth-order valence-electron chi connectivity index (χ4n) is 1.40. The zero-order valence-corrected chi connectivity index (χ0v) is 10.6. The van der Waals surface area contributed by atoms with E-state index in [-0.39, 0.29) is 5.75 Å². The Morgan fingerprint density at radius 2 is 2.07 bits per heavy atom. The zero-order chi connectivity index (χ0) is 11.5. The average molecular weight is 235 g/mol. The van der Waals surface area contributed by atoms with Crippen LogP contribution in [0.1, 0.15) is 27.2 Å². The monoisotopic (exact) mass is 235 g/mol. The molecule has 0 spiro atoms. The Bertz CT molecular complexity index is 286. The predicted molar refractivity (Wildman–Crippen MR) is 60.8 cm³/mol. The molecule has 0 aromatic rings. The first-order valence-corrected chi connectivity index (χ1v) is 7.01. The van der Waals surface area contributed by atoms with Crippen LogP contribution in [0.4, 0.5) is 0 Å². The number of rotatable bonds is 4. The van der Waals surface area contributed by atoms with Crippen LogP contribution in [-0.2, 0) is 14.6 Å². The molecule has 4 nitrogen and oxygen atoms in total. The van der Waals surface area contributed by atoms with E-state index in [0.717, 1.165) is 13.0 Å². The Morgan fingerprint density at radius 3 is 2.53 bits per heavy atom. The standard InChI is InChI=1S/C10H21NO3S/c1-10(2,3)15(12,13)7-5-11-9-4-6-14-8-9/h9,11H,4-8H2,1-3H3. The lowest BCUT2D eigenvalue weighted by atomic mass is 10.3. The third kappa shape index (κ3) is 3.74. The van der Waals surface area contributed by atoms with Crippen molar-refractivity contribution < 1.29 is 13.2 Å². The minimum Gasteiger partial charge on any atom is -0.380 e. The largest absolute Gasteiger partial charge is 0.380 e. The smallest absolute Gasteiger partial charge is 0.156 e. The zero-order valence-electron chi connectivity index (χ0n) is 9.75. The van der Waals surface area contributed by atoms with Crippen LogP contribution in [0.5, 0.6) is 0 Å². The van der Waals surface area contributed by atoms with Gasteiger partial charge < -0.3 is 10.1 Å². The van der Waals surface area contributed by atoms with E-state index in [1.54, 1.807) is 20.8 Å². The molecule has 5 heteroatoms. The van der Waals surface area contributed by atoms with Crippen LogP contribution in [0.15, 0.2) is 0 Å². The van der Waals surface area contributed by atoms with Crippen LogP contribution >= 0.6 is 0 Å². The maximum absolute atomic E-state index is 11.8. The quantitative estimate of drug-likeness (QED) is 0.774. The van der Waals surface area contributed by atoms with E-state index in [1.807, 2.05) is 0 Å². The molecule has 0 bridgehead atoms. The number of hydrogen-bond donors (Lipinski definition) is 1. The van der Waals surface area contributed by atoms with Gasteiger partial charge in [-0.1, -0.05) is 0 Å². The van der Waals surface area contributed by atoms with Crippen LogP contribution in [0.3, 0.4) is 0 Å². The summed E-state index contributed by atoms with van der Waals surface area (Å²) in [5.41, 5.74) is 0. The third-order valence-corrected chi connectivity index (χ3v) is 5.27. The van der Waals surface area contributed by atoms with E-state index >= 15 is 0 Å². The van der Waals surface area contributed by atoms with Crippen LogP contribution in [0, 0.1) is 0 Å². The highest BCUT2D eigenvalue weighted by atomic mass is 32.2. The highest BCUT2D eigenvalue weighted by Crippen LogP contribution is 2.15. The van der Waals surface area contributed by atoms with Crippen molar-refractivity contribution in [2.45, 2.75) is 38.0 Å². The van der Waals surface area contributed by atoms with Gasteiger partial charge in [0.1, 0.15) is 0 Å². The molecule has 1 unspecified atom stereocenters. The van der Waals surface area contributed by atoms with Gasteiger partial charge in [-0.05, 0) is 27.2 Å². The van der Waals surface area contributed by atoms with Crippen molar-refractivity contribution >= 4 is 9.84 Å². The Kier molecular flexibility index (Phi) is 4.14. The lowest BCUT2D eigenvalue weighted by molar-refractivity contribution is 0.190. The molecule has 0 aromatic carbocycles. The maximum atomic E-state index is 11.8. The fraction of sp³-hybridized carbons (Fsp3) is 1.00. The molecule has 1 atom stereocenters. The molecular weight excluding hydrogens is 214 g/mol. The molecule has 1 saturated heterocycles. The van der Waals surface area contributed by atoms with E-state index in [2.05, 4.69) is 5.32 Å². The summed E-state index contributed by atoms with van der Waals surface area (Å²) in [6.07, 6.45) is 0.982. The van der Waals surface area contributed by atoms with Crippen LogP contribution in [0.2, 0.25) is 0 Å². The summed E-state index contributed by atoms with van der Waals surface area (Å²) >= 11 is 0. The summed E-state index contributed by atoms with van der Waals surface area (Å²) in [4.78, 5) is 0. The van der Waals surface area contributed by atoms with E-state index in [1.165, 1.54) is 0 Å². The Balaban J connectivity index is 2.30. The molecular formula is C10H21NO3S. The summed E-state index contributed by atoms with van der Waals surface area (Å²) in [7, 11) is -2.99. The Hall–Kier alpha value is -0.130. The lowest BCUT2D eigenvalue weighted by Gasteiger charge is -2.20. The SMILES string of the molecule is CC(C)(C)S(=O)(=O)CCNC1CCOC1. The topological polar surface area (TPSA) is 55.4 Å². The minimum atomic E-state index is -2.99. The molecule has 1 N–H and O–H groups in total.